The predicted octanol–water partition coefficient (Wildman–Crippen LogP) is 7.11. The molecule has 9 heteroatoms. The van der Waals surface area contributed by atoms with Crippen molar-refractivity contribution in [2.45, 2.75) is 13.8 Å². The molecule has 45 heavy (non-hydrogen) atoms. The molecule has 0 spiro atoms. The molecule has 0 aromatic heterocycles. The van der Waals surface area contributed by atoms with Gasteiger partial charge in [-0.3, -0.25) is 0 Å². The van der Waals surface area contributed by atoms with E-state index in [9.17, 15) is 14.4 Å². The van der Waals surface area contributed by atoms with E-state index in [2.05, 4.69) is 19.7 Å². The van der Waals surface area contributed by atoms with Crippen LogP contribution in [0.4, 0.5) is 0 Å². The molecule has 0 N–H and O–H groups in total. The van der Waals surface area contributed by atoms with Crippen molar-refractivity contribution in [1.29, 1.82) is 0 Å². The van der Waals surface area contributed by atoms with Crippen molar-refractivity contribution in [3.05, 3.63) is 108 Å². The van der Waals surface area contributed by atoms with Gasteiger partial charge in [0, 0.05) is 28.3 Å². The molecule has 0 unspecified atom stereocenters. The third-order valence-electron chi connectivity index (χ3n) is 6.13. The first-order valence-corrected chi connectivity index (χ1v) is 13.5. The molecule has 9 nitrogen and oxygen atoms in total. The summed E-state index contributed by atoms with van der Waals surface area (Å²) in [5, 5.41) is 0. The van der Waals surface area contributed by atoms with Crippen LogP contribution in [0.2, 0.25) is 0 Å². The van der Waals surface area contributed by atoms with Crippen LogP contribution in [-0.4, -0.2) is 39.2 Å². The average Bonchev–Trinajstić information content (AvgIpc) is 3.03. The van der Waals surface area contributed by atoms with Crippen LogP contribution in [0.5, 0.6) is 34.5 Å². The first-order valence-electron chi connectivity index (χ1n) is 13.5. The van der Waals surface area contributed by atoms with Crippen molar-refractivity contribution in [1.82, 2.24) is 0 Å². The number of carbonyl (C=O) groups is 3. The molecule has 0 fully saturated rings. The Bertz CT molecular complexity index is 1710. The zero-order valence-electron chi connectivity index (χ0n) is 25.8. The Kier molecular flexibility index (Phi) is 11.7. The largest absolute Gasteiger partial charge is 0.496 e. The molecule has 3 aromatic carbocycles. The van der Waals surface area contributed by atoms with Crippen LogP contribution in [0.15, 0.2) is 85.5 Å². The molecule has 0 aliphatic rings. The fourth-order valence-electron chi connectivity index (χ4n) is 3.76. The number of hydrogen-bond acceptors (Lipinski definition) is 9. The SMILES string of the molecule is C=CC(=O)Oc1ccc(/C=C/c2cc(OC(=O)C(=C)C)c(/C=C/c3ccc(OC(=O)C(=C)C)c(OC)c3)cc2OC)cc1OC. The van der Waals surface area contributed by atoms with E-state index in [1.165, 1.54) is 21.3 Å². The van der Waals surface area contributed by atoms with Crippen LogP contribution in [0.25, 0.3) is 24.3 Å². The van der Waals surface area contributed by atoms with E-state index in [1.807, 2.05) is 0 Å². The third-order valence-corrected chi connectivity index (χ3v) is 6.13. The Morgan fingerprint density at radius 1 is 0.556 bits per heavy atom. The van der Waals surface area contributed by atoms with Crippen LogP contribution in [-0.2, 0) is 14.4 Å². The topological polar surface area (TPSA) is 107 Å². The second-order valence-electron chi connectivity index (χ2n) is 9.58. The van der Waals surface area contributed by atoms with Gasteiger partial charge in [-0.2, -0.15) is 0 Å². The summed E-state index contributed by atoms with van der Waals surface area (Å²) in [5.41, 5.74) is 3.11. The molecule has 0 amide bonds. The molecular weight excluding hydrogens is 576 g/mol. The summed E-state index contributed by atoms with van der Waals surface area (Å²) in [5.74, 6) is 0.219. The van der Waals surface area contributed by atoms with Gasteiger partial charge in [-0.25, -0.2) is 14.4 Å². The summed E-state index contributed by atoms with van der Waals surface area (Å²) in [6.07, 6.45) is 8.17. The van der Waals surface area contributed by atoms with Gasteiger partial charge in [0.05, 0.1) is 21.3 Å². The molecule has 3 aromatic rings. The Balaban J connectivity index is 2.00. The molecule has 0 saturated carbocycles. The van der Waals surface area contributed by atoms with Crippen LogP contribution in [0.1, 0.15) is 36.1 Å². The van der Waals surface area contributed by atoms with Crippen molar-refractivity contribution in [3.8, 4) is 34.5 Å². The fourth-order valence-corrected chi connectivity index (χ4v) is 3.76. The summed E-state index contributed by atoms with van der Waals surface area (Å²) in [6, 6.07) is 13.5. The summed E-state index contributed by atoms with van der Waals surface area (Å²) in [6.45, 7) is 13.8. The lowest BCUT2D eigenvalue weighted by molar-refractivity contribution is -0.131. The number of esters is 3. The van der Waals surface area contributed by atoms with Gasteiger partial charge in [0.25, 0.3) is 0 Å². The van der Waals surface area contributed by atoms with Crippen molar-refractivity contribution in [2.75, 3.05) is 21.3 Å². The monoisotopic (exact) mass is 610 g/mol. The maximum Gasteiger partial charge on any atom is 0.338 e. The highest BCUT2D eigenvalue weighted by Gasteiger charge is 2.15. The van der Waals surface area contributed by atoms with Crippen molar-refractivity contribution in [3.63, 3.8) is 0 Å². The maximum absolute atomic E-state index is 12.5. The van der Waals surface area contributed by atoms with Gasteiger partial charge in [0.15, 0.2) is 23.0 Å². The Morgan fingerprint density at radius 2 is 0.978 bits per heavy atom. The smallest absolute Gasteiger partial charge is 0.338 e. The van der Waals surface area contributed by atoms with E-state index >= 15 is 0 Å². The zero-order chi connectivity index (χ0) is 33.1. The summed E-state index contributed by atoms with van der Waals surface area (Å²) >= 11 is 0. The Hall–Kier alpha value is -5.83. The highest BCUT2D eigenvalue weighted by Crippen LogP contribution is 2.35. The van der Waals surface area contributed by atoms with Crippen molar-refractivity contribution in [2.24, 2.45) is 0 Å². The lowest BCUT2D eigenvalue weighted by atomic mass is 10.0. The molecule has 0 bridgehead atoms. The lowest BCUT2D eigenvalue weighted by Gasteiger charge is -2.13. The minimum absolute atomic E-state index is 0.229. The molecule has 0 radical (unpaired) electrons. The standard InChI is InChI=1S/C36H34O9/c1-9-34(37)43-28-16-12-24(18-32(28)41-7)10-14-26-21-31(45-36(39)23(4)5)27(20-30(26)40-6)15-11-25-13-17-29(33(19-25)42-8)44-35(38)22(2)3/h9-21H,1-2,4H2,3,5-8H3/b14-10+,15-11+. The Labute approximate surface area is 262 Å². The van der Waals surface area contributed by atoms with Crippen LogP contribution < -0.4 is 28.4 Å². The minimum atomic E-state index is -0.604. The van der Waals surface area contributed by atoms with Gasteiger partial charge in [0.2, 0.25) is 0 Å². The number of hydrogen-bond donors (Lipinski definition) is 0. The molecule has 232 valence electrons. The van der Waals surface area contributed by atoms with E-state index in [0.29, 0.717) is 28.4 Å². The number of carbonyl (C=O) groups excluding carboxylic acids is 3. The first-order chi connectivity index (χ1) is 21.5. The fraction of sp³-hybridized carbons (Fsp3) is 0.139. The van der Waals surface area contributed by atoms with E-state index in [-0.39, 0.29) is 28.4 Å². The molecule has 0 saturated heterocycles. The first kappa shape index (κ1) is 33.7. The lowest BCUT2D eigenvalue weighted by Crippen LogP contribution is -2.09. The van der Waals surface area contributed by atoms with Crippen LogP contribution in [0, 0.1) is 0 Å². The van der Waals surface area contributed by atoms with Gasteiger partial charge < -0.3 is 28.4 Å². The van der Waals surface area contributed by atoms with Crippen molar-refractivity contribution < 1.29 is 42.8 Å². The Morgan fingerprint density at radius 3 is 1.42 bits per heavy atom. The molecule has 0 atom stereocenters. The van der Waals surface area contributed by atoms with E-state index in [4.69, 9.17) is 28.4 Å². The maximum atomic E-state index is 12.5. The van der Waals surface area contributed by atoms with Gasteiger partial charge in [-0.05, 0) is 61.4 Å². The molecular formula is C36H34O9. The second kappa shape index (κ2) is 15.6. The minimum Gasteiger partial charge on any atom is -0.496 e. The summed E-state index contributed by atoms with van der Waals surface area (Å²) in [7, 11) is 4.46. The predicted molar refractivity (Wildman–Crippen MR) is 174 cm³/mol. The van der Waals surface area contributed by atoms with Gasteiger partial charge in [-0.15, -0.1) is 0 Å². The number of rotatable bonds is 13. The quantitative estimate of drug-likeness (QED) is 0.0866. The highest BCUT2D eigenvalue weighted by molar-refractivity contribution is 5.91. The van der Waals surface area contributed by atoms with Crippen LogP contribution in [0.3, 0.4) is 0 Å². The van der Waals surface area contributed by atoms with Crippen LogP contribution >= 0.6 is 0 Å². The number of methoxy groups -OCH3 is 3. The normalized spacial score (nSPS) is 10.7. The van der Waals surface area contributed by atoms with Gasteiger partial charge in [-0.1, -0.05) is 56.2 Å². The van der Waals surface area contributed by atoms with Gasteiger partial charge in [0.1, 0.15) is 11.5 Å². The number of benzene rings is 3. The average molecular weight is 611 g/mol. The third kappa shape index (κ3) is 9.08. The highest BCUT2D eigenvalue weighted by atomic mass is 16.6. The van der Waals surface area contributed by atoms with Gasteiger partial charge >= 0.3 is 17.9 Å². The summed E-state index contributed by atoms with van der Waals surface area (Å²) in [4.78, 5) is 36.1. The number of ether oxygens (including phenoxy) is 6. The molecule has 0 heterocycles. The van der Waals surface area contributed by atoms with Crippen molar-refractivity contribution >= 4 is 42.2 Å². The molecule has 0 aliphatic carbocycles. The zero-order valence-corrected chi connectivity index (χ0v) is 25.8. The molecule has 0 aliphatic heterocycles. The summed E-state index contributed by atoms with van der Waals surface area (Å²) < 4.78 is 32.6. The molecule has 3 rings (SSSR count). The second-order valence-corrected chi connectivity index (χ2v) is 9.58. The van der Waals surface area contributed by atoms with E-state index < -0.39 is 17.9 Å². The van der Waals surface area contributed by atoms with E-state index in [1.54, 1.807) is 86.7 Å². The van der Waals surface area contributed by atoms with E-state index in [0.717, 1.165) is 17.2 Å².